The lowest BCUT2D eigenvalue weighted by Gasteiger charge is -2.28. The summed E-state index contributed by atoms with van der Waals surface area (Å²) in [5, 5.41) is 8.81. The number of anilines is 1. The standard InChI is InChI=1S/C22H19FN6O2/c23-16-2-1-3-18(14-16)29-19(5-8-25-29)22-20(30)6-9-28(26-22)17-4-7-24-21(15-17)27-10-12-31-13-11-27/h1-9,14-15H,10-13H2. The number of ether oxygens (including phenoxy) is 1. The Kier molecular flexibility index (Phi) is 5.01. The summed E-state index contributed by atoms with van der Waals surface area (Å²) in [4.78, 5) is 19.2. The van der Waals surface area contributed by atoms with Gasteiger partial charge in [0.25, 0.3) is 0 Å². The van der Waals surface area contributed by atoms with E-state index in [1.807, 2.05) is 12.1 Å². The van der Waals surface area contributed by atoms with Crippen LogP contribution in [0.2, 0.25) is 0 Å². The molecule has 0 amide bonds. The number of pyridine rings is 1. The number of aromatic nitrogens is 5. The first-order valence-electron chi connectivity index (χ1n) is 9.88. The van der Waals surface area contributed by atoms with E-state index in [-0.39, 0.29) is 16.9 Å². The molecule has 156 valence electrons. The molecule has 0 saturated carbocycles. The van der Waals surface area contributed by atoms with Crippen LogP contribution in [0.1, 0.15) is 0 Å². The highest BCUT2D eigenvalue weighted by Crippen LogP contribution is 2.20. The van der Waals surface area contributed by atoms with Crippen LogP contribution in [-0.2, 0) is 4.74 Å². The lowest BCUT2D eigenvalue weighted by molar-refractivity contribution is 0.122. The zero-order chi connectivity index (χ0) is 21.2. The zero-order valence-electron chi connectivity index (χ0n) is 16.6. The fraction of sp³-hybridized carbons (Fsp3) is 0.182. The monoisotopic (exact) mass is 418 g/mol. The quantitative estimate of drug-likeness (QED) is 0.507. The maximum Gasteiger partial charge on any atom is 0.209 e. The average molecular weight is 418 g/mol. The van der Waals surface area contributed by atoms with E-state index in [1.165, 1.54) is 22.9 Å². The van der Waals surface area contributed by atoms with Crippen LogP contribution in [0.4, 0.5) is 10.2 Å². The lowest BCUT2D eigenvalue weighted by atomic mass is 10.2. The predicted octanol–water partition coefficient (Wildman–Crippen LogP) is 2.46. The van der Waals surface area contributed by atoms with Gasteiger partial charge in [-0.1, -0.05) is 6.07 Å². The van der Waals surface area contributed by atoms with Crippen LogP contribution in [0.15, 0.2) is 71.9 Å². The minimum absolute atomic E-state index is 0.217. The summed E-state index contributed by atoms with van der Waals surface area (Å²) in [6.07, 6.45) is 4.89. The molecule has 1 aliphatic heterocycles. The summed E-state index contributed by atoms with van der Waals surface area (Å²) in [5.41, 5.74) is 1.72. The van der Waals surface area contributed by atoms with Crippen molar-refractivity contribution in [2.45, 2.75) is 0 Å². The van der Waals surface area contributed by atoms with Crippen molar-refractivity contribution in [1.29, 1.82) is 0 Å². The second-order valence-corrected chi connectivity index (χ2v) is 7.05. The van der Waals surface area contributed by atoms with Crippen molar-refractivity contribution in [2.24, 2.45) is 0 Å². The smallest absolute Gasteiger partial charge is 0.209 e. The number of hydrogen-bond donors (Lipinski definition) is 0. The van der Waals surface area contributed by atoms with Gasteiger partial charge in [-0.05, 0) is 30.3 Å². The second kappa shape index (κ2) is 8.11. The van der Waals surface area contributed by atoms with Crippen molar-refractivity contribution in [3.8, 4) is 22.8 Å². The van der Waals surface area contributed by atoms with E-state index in [0.717, 1.165) is 24.6 Å². The van der Waals surface area contributed by atoms with E-state index < -0.39 is 0 Å². The molecule has 31 heavy (non-hydrogen) atoms. The fourth-order valence-electron chi connectivity index (χ4n) is 3.54. The van der Waals surface area contributed by atoms with Gasteiger partial charge in [-0.15, -0.1) is 0 Å². The summed E-state index contributed by atoms with van der Waals surface area (Å²) in [6.45, 7) is 2.87. The SMILES string of the molecule is O=c1ccn(-c2ccnc(N3CCOCC3)c2)nc1-c1ccnn1-c1cccc(F)c1. The molecule has 4 heterocycles. The number of benzene rings is 1. The topological polar surface area (TPSA) is 78.1 Å². The number of morpholine rings is 1. The van der Waals surface area contributed by atoms with Gasteiger partial charge in [-0.3, -0.25) is 4.79 Å². The summed E-state index contributed by atoms with van der Waals surface area (Å²) in [6, 6.07) is 12.9. The molecule has 0 atom stereocenters. The van der Waals surface area contributed by atoms with Gasteiger partial charge in [0, 0.05) is 37.6 Å². The summed E-state index contributed by atoms with van der Waals surface area (Å²) in [5.74, 6) is 0.442. The van der Waals surface area contributed by atoms with Crippen molar-refractivity contribution in [3.63, 3.8) is 0 Å². The first-order chi connectivity index (χ1) is 15.2. The van der Waals surface area contributed by atoms with Crippen LogP contribution in [0.5, 0.6) is 0 Å². The van der Waals surface area contributed by atoms with Crippen LogP contribution in [-0.4, -0.2) is 50.8 Å². The van der Waals surface area contributed by atoms with Crippen molar-refractivity contribution in [2.75, 3.05) is 31.2 Å². The molecule has 0 N–H and O–H groups in total. The van der Waals surface area contributed by atoms with Crippen molar-refractivity contribution >= 4 is 5.82 Å². The van der Waals surface area contributed by atoms with E-state index in [2.05, 4.69) is 20.1 Å². The molecular weight excluding hydrogens is 399 g/mol. The lowest BCUT2D eigenvalue weighted by Crippen LogP contribution is -2.36. The Morgan fingerprint density at radius 3 is 2.68 bits per heavy atom. The van der Waals surface area contributed by atoms with Crippen LogP contribution in [0.3, 0.4) is 0 Å². The Labute approximate surface area is 177 Å². The van der Waals surface area contributed by atoms with E-state index >= 15 is 0 Å². The predicted molar refractivity (Wildman–Crippen MR) is 113 cm³/mol. The number of rotatable bonds is 4. The van der Waals surface area contributed by atoms with Gasteiger partial charge in [-0.2, -0.15) is 10.2 Å². The normalized spacial score (nSPS) is 14.0. The first-order valence-corrected chi connectivity index (χ1v) is 9.88. The Morgan fingerprint density at radius 1 is 0.968 bits per heavy atom. The second-order valence-electron chi connectivity index (χ2n) is 7.05. The Morgan fingerprint density at radius 2 is 1.84 bits per heavy atom. The summed E-state index contributed by atoms with van der Waals surface area (Å²) < 4.78 is 22.2. The third-order valence-corrected chi connectivity index (χ3v) is 5.08. The highest BCUT2D eigenvalue weighted by molar-refractivity contribution is 5.57. The molecule has 9 heteroatoms. The molecule has 0 aliphatic carbocycles. The van der Waals surface area contributed by atoms with Gasteiger partial charge in [0.2, 0.25) is 5.43 Å². The molecule has 0 radical (unpaired) electrons. The molecule has 1 saturated heterocycles. The molecule has 0 unspecified atom stereocenters. The largest absolute Gasteiger partial charge is 0.378 e. The average Bonchev–Trinajstić information content (AvgIpc) is 3.30. The number of halogens is 1. The highest BCUT2D eigenvalue weighted by Gasteiger charge is 2.16. The minimum atomic E-state index is -0.384. The molecule has 1 aromatic carbocycles. The van der Waals surface area contributed by atoms with E-state index in [0.29, 0.717) is 24.6 Å². The number of hydrogen-bond acceptors (Lipinski definition) is 6. The van der Waals surface area contributed by atoms with Gasteiger partial charge in [-0.25, -0.2) is 18.7 Å². The molecule has 0 bridgehead atoms. The summed E-state index contributed by atoms with van der Waals surface area (Å²) in [7, 11) is 0. The zero-order valence-corrected chi connectivity index (χ0v) is 16.6. The minimum Gasteiger partial charge on any atom is -0.378 e. The van der Waals surface area contributed by atoms with Gasteiger partial charge < -0.3 is 9.64 Å². The van der Waals surface area contributed by atoms with Crippen molar-refractivity contribution in [1.82, 2.24) is 24.5 Å². The van der Waals surface area contributed by atoms with Crippen molar-refractivity contribution in [3.05, 3.63) is 83.2 Å². The summed E-state index contributed by atoms with van der Waals surface area (Å²) >= 11 is 0. The Hall–Kier alpha value is -3.85. The molecule has 1 aliphatic rings. The van der Waals surface area contributed by atoms with E-state index in [9.17, 15) is 9.18 Å². The van der Waals surface area contributed by atoms with Gasteiger partial charge in [0.1, 0.15) is 11.6 Å². The van der Waals surface area contributed by atoms with E-state index in [1.54, 1.807) is 41.5 Å². The first kappa shape index (κ1) is 19.1. The molecule has 0 spiro atoms. The maximum atomic E-state index is 13.7. The molecule has 1 fully saturated rings. The fourth-order valence-corrected chi connectivity index (χ4v) is 3.54. The maximum absolute atomic E-state index is 13.7. The van der Waals surface area contributed by atoms with E-state index in [4.69, 9.17) is 4.74 Å². The van der Waals surface area contributed by atoms with Gasteiger partial charge in [0.05, 0.1) is 36.5 Å². The van der Waals surface area contributed by atoms with Gasteiger partial charge in [0.15, 0.2) is 5.69 Å². The third kappa shape index (κ3) is 3.82. The van der Waals surface area contributed by atoms with Crippen LogP contribution >= 0.6 is 0 Å². The van der Waals surface area contributed by atoms with Crippen LogP contribution in [0, 0.1) is 5.82 Å². The molecule has 3 aromatic heterocycles. The third-order valence-electron chi connectivity index (χ3n) is 5.08. The van der Waals surface area contributed by atoms with Gasteiger partial charge >= 0.3 is 0 Å². The van der Waals surface area contributed by atoms with Crippen LogP contribution in [0.25, 0.3) is 22.8 Å². The number of nitrogens with zero attached hydrogens (tertiary/aromatic N) is 6. The molecule has 8 nitrogen and oxygen atoms in total. The Balaban J connectivity index is 1.55. The van der Waals surface area contributed by atoms with Crippen molar-refractivity contribution < 1.29 is 9.13 Å². The van der Waals surface area contributed by atoms with Crippen LogP contribution < -0.4 is 10.3 Å². The highest BCUT2D eigenvalue weighted by atomic mass is 19.1. The Bertz CT molecular complexity index is 1280. The molecule has 5 rings (SSSR count). The molecule has 4 aromatic rings. The molecular formula is C22H19FN6O2.